The van der Waals surface area contributed by atoms with Gasteiger partial charge in [0.2, 0.25) is 0 Å². The molecule has 21 heavy (non-hydrogen) atoms. The molecule has 0 saturated heterocycles. The predicted octanol–water partition coefficient (Wildman–Crippen LogP) is 4.19. The first-order chi connectivity index (χ1) is 9.97. The summed E-state index contributed by atoms with van der Waals surface area (Å²) in [5.74, 6) is 0.491. The zero-order valence-corrected chi connectivity index (χ0v) is 13.7. The van der Waals surface area contributed by atoms with Gasteiger partial charge >= 0.3 is 0 Å². The van der Waals surface area contributed by atoms with Crippen LogP contribution in [0.25, 0.3) is 0 Å². The molecular weight excluding hydrogens is 265 g/mol. The SMILES string of the molecule is CCCCC1(C)c2cc(OC)c(F)cc2CC(CC)C1N. The first-order valence-corrected chi connectivity index (χ1v) is 8.10. The Morgan fingerprint density at radius 3 is 2.67 bits per heavy atom. The van der Waals surface area contributed by atoms with Crippen molar-refractivity contribution in [1.29, 1.82) is 0 Å². The van der Waals surface area contributed by atoms with E-state index in [1.807, 2.05) is 6.07 Å². The molecule has 3 unspecified atom stereocenters. The van der Waals surface area contributed by atoms with Gasteiger partial charge in [0.05, 0.1) is 7.11 Å². The molecule has 1 aliphatic carbocycles. The summed E-state index contributed by atoms with van der Waals surface area (Å²) >= 11 is 0. The molecule has 0 aromatic heterocycles. The Labute approximate surface area is 127 Å². The fourth-order valence-corrected chi connectivity index (χ4v) is 3.80. The normalized spacial score (nSPS) is 28.3. The molecule has 0 fully saturated rings. The Hall–Kier alpha value is -1.09. The van der Waals surface area contributed by atoms with E-state index in [0.29, 0.717) is 11.7 Å². The van der Waals surface area contributed by atoms with E-state index in [4.69, 9.17) is 10.5 Å². The van der Waals surface area contributed by atoms with Crippen LogP contribution in [0.4, 0.5) is 4.39 Å². The van der Waals surface area contributed by atoms with Crippen LogP contribution in [0.3, 0.4) is 0 Å². The van der Waals surface area contributed by atoms with Gasteiger partial charge in [0.1, 0.15) is 0 Å². The van der Waals surface area contributed by atoms with E-state index in [1.54, 1.807) is 6.07 Å². The van der Waals surface area contributed by atoms with E-state index < -0.39 is 0 Å². The number of fused-ring (bicyclic) bond motifs is 1. The van der Waals surface area contributed by atoms with E-state index in [-0.39, 0.29) is 17.3 Å². The summed E-state index contributed by atoms with van der Waals surface area (Å²) in [6.45, 7) is 6.61. The zero-order valence-electron chi connectivity index (χ0n) is 13.7. The molecule has 2 N–H and O–H groups in total. The maximum Gasteiger partial charge on any atom is 0.165 e. The minimum atomic E-state index is -0.264. The van der Waals surface area contributed by atoms with Crippen LogP contribution in [-0.4, -0.2) is 13.2 Å². The summed E-state index contributed by atoms with van der Waals surface area (Å²) in [5, 5.41) is 0. The third-order valence-electron chi connectivity index (χ3n) is 5.29. The zero-order chi connectivity index (χ0) is 15.6. The second-order valence-corrected chi connectivity index (χ2v) is 6.56. The highest BCUT2D eigenvalue weighted by Crippen LogP contribution is 2.45. The lowest BCUT2D eigenvalue weighted by atomic mass is 9.61. The number of benzene rings is 1. The van der Waals surface area contributed by atoms with E-state index in [2.05, 4.69) is 20.8 Å². The summed E-state index contributed by atoms with van der Waals surface area (Å²) < 4.78 is 19.2. The van der Waals surface area contributed by atoms with Crippen LogP contribution in [0.15, 0.2) is 12.1 Å². The Morgan fingerprint density at radius 1 is 1.38 bits per heavy atom. The molecule has 0 aliphatic heterocycles. The Kier molecular flexibility index (Phi) is 4.92. The molecule has 0 bridgehead atoms. The predicted molar refractivity (Wildman–Crippen MR) is 85.3 cm³/mol. The molecule has 118 valence electrons. The molecule has 1 aliphatic rings. The van der Waals surface area contributed by atoms with E-state index in [1.165, 1.54) is 12.7 Å². The van der Waals surface area contributed by atoms with Crippen molar-refractivity contribution in [2.75, 3.05) is 7.11 Å². The van der Waals surface area contributed by atoms with Gasteiger partial charge < -0.3 is 10.5 Å². The van der Waals surface area contributed by atoms with Crippen molar-refractivity contribution < 1.29 is 9.13 Å². The summed E-state index contributed by atoms with van der Waals surface area (Å²) in [6, 6.07) is 3.66. The summed E-state index contributed by atoms with van der Waals surface area (Å²) in [6.07, 6.45) is 5.24. The molecule has 0 heterocycles. The highest BCUT2D eigenvalue weighted by molar-refractivity contribution is 5.45. The lowest BCUT2D eigenvalue weighted by Crippen LogP contribution is -2.52. The monoisotopic (exact) mass is 293 g/mol. The fraction of sp³-hybridized carbons (Fsp3) is 0.667. The number of ether oxygens (including phenoxy) is 1. The van der Waals surface area contributed by atoms with Gasteiger partial charge in [-0.3, -0.25) is 0 Å². The maximum absolute atomic E-state index is 14.1. The second kappa shape index (κ2) is 6.35. The van der Waals surface area contributed by atoms with Crippen LogP contribution in [0.1, 0.15) is 57.6 Å². The van der Waals surface area contributed by atoms with Crippen LogP contribution in [0, 0.1) is 11.7 Å². The highest BCUT2D eigenvalue weighted by Gasteiger charge is 2.43. The van der Waals surface area contributed by atoms with Crippen LogP contribution in [-0.2, 0) is 11.8 Å². The van der Waals surface area contributed by atoms with Gasteiger partial charge in [-0.05, 0) is 42.0 Å². The van der Waals surface area contributed by atoms with Gasteiger partial charge in [-0.15, -0.1) is 0 Å². The lowest BCUT2D eigenvalue weighted by molar-refractivity contribution is 0.226. The first-order valence-electron chi connectivity index (χ1n) is 8.10. The number of unbranched alkanes of at least 4 members (excludes halogenated alkanes) is 1. The van der Waals surface area contributed by atoms with Crippen molar-refractivity contribution in [2.45, 2.75) is 64.3 Å². The van der Waals surface area contributed by atoms with Crippen molar-refractivity contribution in [3.05, 3.63) is 29.1 Å². The largest absolute Gasteiger partial charge is 0.494 e. The van der Waals surface area contributed by atoms with Crippen LogP contribution >= 0.6 is 0 Å². The molecule has 1 aromatic carbocycles. The number of rotatable bonds is 5. The van der Waals surface area contributed by atoms with Crippen molar-refractivity contribution in [3.63, 3.8) is 0 Å². The number of methoxy groups -OCH3 is 1. The molecule has 0 spiro atoms. The highest BCUT2D eigenvalue weighted by atomic mass is 19.1. The Bertz CT molecular complexity index is 502. The number of halogens is 1. The van der Waals surface area contributed by atoms with Gasteiger partial charge in [-0.2, -0.15) is 0 Å². The second-order valence-electron chi connectivity index (χ2n) is 6.56. The van der Waals surface area contributed by atoms with Crippen molar-refractivity contribution >= 4 is 0 Å². The summed E-state index contributed by atoms with van der Waals surface area (Å²) in [7, 11) is 1.52. The van der Waals surface area contributed by atoms with E-state index in [0.717, 1.165) is 37.7 Å². The van der Waals surface area contributed by atoms with Gasteiger partial charge in [0.15, 0.2) is 11.6 Å². The quantitative estimate of drug-likeness (QED) is 0.883. The average molecular weight is 293 g/mol. The maximum atomic E-state index is 14.1. The van der Waals surface area contributed by atoms with Gasteiger partial charge in [0, 0.05) is 11.5 Å². The van der Waals surface area contributed by atoms with Crippen LogP contribution in [0.2, 0.25) is 0 Å². The third kappa shape index (κ3) is 2.80. The first kappa shape index (κ1) is 16.3. The molecule has 2 rings (SSSR count). The number of hydrogen-bond donors (Lipinski definition) is 1. The number of hydrogen-bond acceptors (Lipinski definition) is 2. The summed E-state index contributed by atoms with van der Waals surface area (Å²) in [4.78, 5) is 0. The molecular formula is C18H28FNO. The van der Waals surface area contributed by atoms with E-state index >= 15 is 0 Å². The standard InChI is InChI=1S/C18H28FNO/c1-5-7-8-18(3)14-11-16(21-4)15(19)10-13(14)9-12(6-2)17(18)20/h10-12,17H,5-9,20H2,1-4H3. The molecule has 3 atom stereocenters. The molecule has 0 radical (unpaired) electrons. The molecule has 0 amide bonds. The smallest absolute Gasteiger partial charge is 0.165 e. The van der Waals surface area contributed by atoms with Gasteiger partial charge in [-0.25, -0.2) is 4.39 Å². The van der Waals surface area contributed by atoms with Crippen LogP contribution < -0.4 is 10.5 Å². The van der Waals surface area contributed by atoms with Crippen molar-refractivity contribution in [2.24, 2.45) is 11.7 Å². The minimum absolute atomic E-state index is 0.0920. The fourth-order valence-electron chi connectivity index (χ4n) is 3.80. The Balaban J connectivity index is 2.53. The lowest BCUT2D eigenvalue weighted by Gasteiger charge is -2.46. The van der Waals surface area contributed by atoms with Crippen molar-refractivity contribution in [3.8, 4) is 5.75 Å². The Morgan fingerprint density at radius 2 is 2.10 bits per heavy atom. The topological polar surface area (TPSA) is 35.2 Å². The average Bonchev–Trinajstić information content (AvgIpc) is 2.48. The van der Waals surface area contributed by atoms with Crippen molar-refractivity contribution in [1.82, 2.24) is 0 Å². The van der Waals surface area contributed by atoms with Gasteiger partial charge in [0.25, 0.3) is 0 Å². The van der Waals surface area contributed by atoms with Crippen LogP contribution in [0.5, 0.6) is 5.75 Å². The number of nitrogens with two attached hydrogens (primary N) is 1. The molecule has 0 saturated carbocycles. The molecule has 3 heteroatoms. The van der Waals surface area contributed by atoms with E-state index in [9.17, 15) is 4.39 Å². The van der Waals surface area contributed by atoms with Gasteiger partial charge in [-0.1, -0.05) is 40.0 Å². The minimum Gasteiger partial charge on any atom is -0.494 e. The molecule has 2 nitrogen and oxygen atoms in total. The summed E-state index contributed by atoms with van der Waals surface area (Å²) in [5.41, 5.74) is 8.82. The molecule has 1 aromatic rings. The third-order valence-corrected chi connectivity index (χ3v) is 5.29.